The van der Waals surface area contributed by atoms with Crippen molar-refractivity contribution in [1.29, 1.82) is 0 Å². The van der Waals surface area contributed by atoms with Gasteiger partial charge in [-0.3, -0.25) is 4.68 Å². The van der Waals surface area contributed by atoms with Gasteiger partial charge in [-0.15, -0.1) is 0 Å². The number of hydrogen-bond donors (Lipinski definition) is 2. The molecule has 0 aliphatic heterocycles. The molecule has 0 spiro atoms. The summed E-state index contributed by atoms with van der Waals surface area (Å²) in [6, 6.07) is 13.2. The van der Waals surface area contributed by atoms with E-state index in [0.717, 1.165) is 22.3 Å². The Morgan fingerprint density at radius 1 is 0.963 bits per heavy atom. The van der Waals surface area contributed by atoms with E-state index in [1.54, 1.807) is 10.9 Å². The number of rotatable bonds is 4. The highest BCUT2D eigenvalue weighted by atomic mass is 35.5. The van der Waals surface area contributed by atoms with Crippen molar-refractivity contribution in [2.24, 2.45) is 7.05 Å². The van der Waals surface area contributed by atoms with E-state index in [4.69, 9.17) is 23.2 Å². The molecule has 0 unspecified atom stereocenters. The zero-order chi connectivity index (χ0) is 19.0. The number of nitrogens with zero attached hydrogens (tertiary/aromatic N) is 4. The van der Waals surface area contributed by atoms with Gasteiger partial charge in [0.15, 0.2) is 5.65 Å². The first kappa shape index (κ1) is 17.6. The molecule has 0 radical (unpaired) electrons. The summed E-state index contributed by atoms with van der Waals surface area (Å²) in [4.78, 5) is 9.18. The molecule has 136 valence electrons. The Morgan fingerprint density at radius 2 is 1.78 bits per heavy atom. The molecule has 2 heterocycles. The van der Waals surface area contributed by atoms with Crippen LogP contribution in [-0.4, -0.2) is 19.7 Å². The minimum absolute atomic E-state index is 0.440. The molecule has 4 rings (SSSR count). The van der Waals surface area contributed by atoms with Crippen LogP contribution in [0.5, 0.6) is 0 Å². The molecular weight excluding hydrogens is 383 g/mol. The quantitative estimate of drug-likeness (QED) is 0.477. The topological polar surface area (TPSA) is 67.7 Å². The Morgan fingerprint density at radius 3 is 2.56 bits per heavy atom. The van der Waals surface area contributed by atoms with Gasteiger partial charge in [0.2, 0.25) is 5.95 Å². The zero-order valence-electron chi connectivity index (χ0n) is 14.7. The van der Waals surface area contributed by atoms with Gasteiger partial charge >= 0.3 is 0 Å². The fourth-order valence-electron chi connectivity index (χ4n) is 2.68. The third kappa shape index (κ3) is 3.67. The second kappa shape index (κ2) is 7.06. The highest BCUT2D eigenvalue weighted by Crippen LogP contribution is 2.28. The van der Waals surface area contributed by atoms with Crippen LogP contribution in [0.2, 0.25) is 10.0 Å². The number of hydrogen-bond acceptors (Lipinski definition) is 5. The largest absolute Gasteiger partial charge is 0.339 e. The average molecular weight is 399 g/mol. The van der Waals surface area contributed by atoms with Gasteiger partial charge in [-0.2, -0.15) is 15.1 Å². The van der Waals surface area contributed by atoms with Crippen molar-refractivity contribution >= 4 is 57.4 Å². The van der Waals surface area contributed by atoms with Gasteiger partial charge in [0.1, 0.15) is 5.82 Å². The average Bonchev–Trinajstić information content (AvgIpc) is 3.00. The fourth-order valence-corrected chi connectivity index (χ4v) is 3.05. The van der Waals surface area contributed by atoms with E-state index in [-0.39, 0.29) is 0 Å². The van der Waals surface area contributed by atoms with Crippen molar-refractivity contribution in [1.82, 2.24) is 19.7 Å². The fraction of sp³-hybridized carbons (Fsp3) is 0.105. The summed E-state index contributed by atoms with van der Waals surface area (Å²) in [5.41, 5.74) is 3.35. The second-order valence-corrected chi connectivity index (χ2v) is 6.97. The lowest BCUT2D eigenvalue weighted by Gasteiger charge is -2.11. The lowest BCUT2D eigenvalue weighted by atomic mass is 10.2. The molecule has 0 atom stereocenters. The molecule has 8 heteroatoms. The summed E-state index contributed by atoms with van der Waals surface area (Å²) in [7, 11) is 1.84. The number of aromatic nitrogens is 4. The molecule has 27 heavy (non-hydrogen) atoms. The summed E-state index contributed by atoms with van der Waals surface area (Å²) in [6.45, 7) is 1.96. The molecule has 2 aromatic carbocycles. The van der Waals surface area contributed by atoms with Crippen LogP contribution in [0.4, 0.5) is 23.1 Å². The third-order valence-electron chi connectivity index (χ3n) is 4.11. The highest BCUT2D eigenvalue weighted by Gasteiger charge is 2.12. The van der Waals surface area contributed by atoms with Crippen LogP contribution >= 0.6 is 23.2 Å². The molecule has 0 fully saturated rings. The van der Waals surface area contributed by atoms with Gasteiger partial charge in [0, 0.05) is 28.5 Å². The van der Waals surface area contributed by atoms with Crippen molar-refractivity contribution in [2.45, 2.75) is 6.92 Å². The molecule has 2 aromatic heterocycles. The minimum Gasteiger partial charge on any atom is -0.339 e. The first-order valence-electron chi connectivity index (χ1n) is 8.25. The Hall–Kier alpha value is -2.83. The Bertz CT molecular complexity index is 1140. The number of aryl methyl sites for hydroxylation is 2. The van der Waals surface area contributed by atoms with Crippen molar-refractivity contribution in [2.75, 3.05) is 10.6 Å². The van der Waals surface area contributed by atoms with E-state index in [1.807, 2.05) is 56.4 Å². The minimum atomic E-state index is 0.440. The second-order valence-electron chi connectivity index (χ2n) is 6.13. The molecule has 0 amide bonds. The molecule has 6 nitrogen and oxygen atoms in total. The molecule has 0 saturated heterocycles. The molecular formula is C19H16Cl2N6. The number of anilines is 4. The molecule has 0 aliphatic rings. The summed E-state index contributed by atoms with van der Waals surface area (Å²) >= 11 is 12.3. The third-order valence-corrected chi connectivity index (χ3v) is 4.75. The van der Waals surface area contributed by atoms with E-state index in [0.29, 0.717) is 27.5 Å². The van der Waals surface area contributed by atoms with Gasteiger partial charge in [-0.1, -0.05) is 35.3 Å². The Kier molecular flexibility index (Phi) is 4.59. The van der Waals surface area contributed by atoms with Gasteiger partial charge in [-0.25, -0.2) is 0 Å². The number of halogens is 2. The first-order valence-corrected chi connectivity index (χ1v) is 9.01. The Balaban J connectivity index is 1.75. The van der Waals surface area contributed by atoms with E-state index in [9.17, 15) is 0 Å². The maximum absolute atomic E-state index is 6.22. The number of fused-ring (bicyclic) bond motifs is 1. The molecule has 4 aromatic rings. The predicted octanol–water partition coefficient (Wildman–Crippen LogP) is 5.47. The number of benzene rings is 2. The summed E-state index contributed by atoms with van der Waals surface area (Å²) in [5, 5.41) is 12.9. The number of nitrogens with one attached hydrogen (secondary N) is 2. The van der Waals surface area contributed by atoms with Crippen molar-refractivity contribution < 1.29 is 0 Å². The van der Waals surface area contributed by atoms with Gasteiger partial charge in [-0.05, 0) is 42.8 Å². The van der Waals surface area contributed by atoms with Crippen LogP contribution in [0.25, 0.3) is 11.0 Å². The zero-order valence-corrected chi connectivity index (χ0v) is 16.2. The molecule has 2 N–H and O–H groups in total. The summed E-state index contributed by atoms with van der Waals surface area (Å²) < 4.78 is 1.70. The van der Waals surface area contributed by atoms with Crippen LogP contribution in [0, 0.1) is 6.92 Å². The lowest BCUT2D eigenvalue weighted by molar-refractivity contribution is 0.786. The van der Waals surface area contributed by atoms with Crippen molar-refractivity contribution in [3.63, 3.8) is 0 Å². The van der Waals surface area contributed by atoms with Gasteiger partial charge in [0.05, 0.1) is 11.6 Å². The van der Waals surface area contributed by atoms with Crippen LogP contribution in [0.1, 0.15) is 5.56 Å². The van der Waals surface area contributed by atoms with Crippen LogP contribution in [-0.2, 0) is 7.05 Å². The Labute approximate surface area is 166 Å². The van der Waals surface area contributed by atoms with E-state index >= 15 is 0 Å². The summed E-state index contributed by atoms with van der Waals surface area (Å²) in [6.07, 6.45) is 1.73. The SMILES string of the molecule is Cc1ccc(Nc2nc(Nc3cccc(Cl)c3)c3cnn(C)c3n2)cc1Cl. The van der Waals surface area contributed by atoms with E-state index in [2.05, 4.69) is 25.7 Å². The lowest BCUT2D eigenvalue weighted by Crippen LogP contribution is -2.03. The van der Waals surface area contributed by atoms with Gasteiger partial charge < -0.3 is 10.6 Å². The first-order chi connectivity index (χ1) is 13.0. The van der Waals surface area contributed by atoms with Crippen LogP contribution in [0.15, 0.2) is 48.7 Å². The van der Waals surface area contributed by atoms with Crippen molar-refractivity contribution in [3.05, 3.63) is 64.3 Å². The normalized spacial score (nSPS) is 11.0. The van der Waals surface area contributed by atoms with Crippen molar-refractivity contribution in [3.8, 4) is 0 Å². The van der Waals surface area contributed by atoms with E-state index in [1.165, 1.54) is 0 Å². The maximum atomic E-state index is 6.22. The van der Waals surface area contributed by atoms with Crippen LogP contribution < -0.4 is 10.6 Å². The highest BCUT2D eigenvalue weighted by molar-refractivity contribution is 6.31. The molecule has 0 aliphatic carbocycles. The van der Waals surface area contributed by atoms with Crippen LogP contribution in [0.3, 0.4) is 0 Å². The van der Waals surface area contributed by atoms with Gasteiger partial charge in [0.25, 0.3) is 0 Å². The standard InChI is InChI=1S/C19H16Cl2N6/c1-11-6-7-14(9-16(11)21)24-19-25-17(15-10-22-27(2)18(15)26-19)23-13-5-3-4-12(20)8-13/h3-10H,1-2H3,(H2,23,24,25,26). The smallest absolute Gasteiger partial charge is 0.231 e. The monoisotopic (exact) mass is 398 g/mol. The van der Waals surface area contributed by atoms with E-state index < -0.39 is 0 Å². The molecule has 0 saturated carbocycles. The molecule has 0 bridgehead atoms. The summed E-state index contributed by atoms with van der Waals surface area (Å²) in [5.74, 6) is 1.08. The predicted molar refractivity (Wildman–Crippen MR) is 111 cm³/mol. The maximum Gasteiger partial charge on any atom is 0.231 e.